The van der Waals surface area contributed by atoms with Gasteiger partial charge in [0.2, 0.25) is 5.75 Å². The molecular formula is C16H24ClN3O5. The molecule has 0 bridgehead atoms. The normalized spacial score (nSPS) is 19.8. The zero-order valence-corrected chi connectivity index (χ0v) is 15.4. The molecule has 9 heteroatoms. The van der Waals surface area contributed by atoms with Crippen molar-refractivity contribution in [3.8, 4) is 11.5 Å². The molecule has 0 saturated carbocycles. The number of hydrogen-bond acceptors (Lipinski definition) is 6. The molecular weight excluding hydrogens is 350 g/mol. The van der Waals surface area contributed by atoms with Crippen molar-refractivity contribution in [3.05, 3.63) is 27.8 Å². The molecule has 2 unspecified atom stereocenters. The molecule has 1 aromatic carbocycles. The van der Waals surface area contributed by atoms with Crippen molar-refractivity contribution >= 4 is 24.0 Å². The molecule has 25 heavy (non-hydrogen) atoms. The number of nitrogens with zero attached hydrogens (tertiary/aromatic N) is 2. The zero-order chi connectivity index (χ0) is 17.9. The largest absolute Gasteiger partial charge is 0.493 e. The Hall–Kier alpha value is -2.06. The van der Waals surface area contributed by atoms with Crippen molar-refractivity contribution < 1.29 is 19.2 Å². The number of piperidine rings is 1. The molecule has 140 valence electrons. The second-order valence-corrected chi connectivity index (χ2v) is 6.01. The number of nitro groups is 1. The quantitative estimate of drug-likeness (QED) is 0.626. The maximum absolute atomic E-state index is 12.9. The number of ether oxygens (including phenoxy) is 2. The molecule has 0 aliphatic carbocycles. The molecule has 1 saturated heterocycles. The molecule has 0 aromatic heterocycles. The fraction of sp³-hybridized carbons (Fsp3) is 0.562. The minimum absolute atomic E-state index is 0. The van der Waals surface area contributed by atoms with Crippen molar-refractivity contribution in [2.24, 2.45) is 11.7 Å². The third kappa shape index (κ3) is 4.32. The molecule has 2 rings (SSSR count). The van der Waals surface area contributed by atoms with Gasteiger partial charge in [-0.15, -0.1) is 12.4 Å². The second-order valence-electron chi connectivity index (χ2n) is 6.01. The predicted octanol–water partition coefficient (Wildman–Crippen LogP) is 2.23. The number of methoxy groups -OCH3 is 2. The van der Waals surface area contributed by atoms with E-state index in [2.05, 4.69) is 6.92 Å². The summed E-state index contributed by atoms with van der Waals surface area (Å²) in [6, 6.07) is 2.64. The van der Waals surface area contributed by atoms with E-state index in [1.165, 1.54) is 26.4 Å². The average molecular weight is 374 g/mol. The Labute approximate surface area is 152 Å². The molecule has 1 amide bonds. The van der Waals surface area contributed by atoms with E-state index >= 15 is 0 Å². The van der Waals surface area contributed by atoms with Gasteiger partial charge in [-0.25, -0.2) is 0 Å². The summed E-state index contributed by atoms with van der Waals surface area (Å²) in [6.45, 7) is 3.08. The van der Waals surface area contributed by atoms with Gasteiger partial charge in [0.15, 0.2) is 5.75 Å². The Bertz CT molecular complexity index is 640. The SMILES string of the molecule is COc1cc(C(=O)N2CCC(C)CC2CN)cc([N+](=O)[O-])c1OC.Cl. The Morgan fingerprint density at radius 2 is 2.08 bits per heavy atom. The average Bonchev–Trinajstić information content (AvgIpc) is 2.59. The monoisotopic (exact) mass is 373 g/mol. The molecule has 0 spiro atoms. The molecule has 8 nitrogen and oxygen atoms in total. The molecule has 1 fully saturated rings. The van der Waals surface area contributed by atoms with Crippen LogP contribution in [0.15, 0.2) is 12.1 Å². The maximum atomic E-state index is 12.9. The first-order chi connectivity index (χ1) is 11.4. The van der Waals surface area contributed by atoms with Crippen LogP contribution >= 0.6 is 12.4 Å². The lowest BCUT2D eigenvalue weighted by atomic mass is 9.92. The highest BCUT2D eigenvalue weighted by Gasteiger charge is 2.32. The van der Waals surface area contributed by atoms with Crippen LogP contribution in [0.2, 0.25) is 0 Å². The molecule has 1 heterocycles. The van der Waals surface area contributed by atoms with Crippen LogP contribution in [-0.4, -0.2) is 49.1 Å². The van der Waals surface area contributed by atoms with Crippen LogP contribution < -0.4 is 15.2 Å². The molecule has 1 aromatic rings. The van der Waals surface area contributed by atoms with Crippen molar-refractivity contribution in [1.29, 1.82) is 0 Å². The zero-order valence-electron chi connectivity index (χ0n) is 14.6. The number of nitrogens with two attached hydrogens (primary N) is 1. The number of rotatable bonds is 5. The van der Waals surface area contributed by atoms with Gasteiger partial charge in [0.25, 0.3) is 5.91 Å². The summed E-state index contributed by atoms with van der Waals surface area (Å²) in [6.07, 6.45) is 1.72. The number of nitro benzene ring substituents is 1. The van der Waals surface area contributed by atoms with Crippen molar-refractivity contribution in [2.45, 2.75) is 25.8 Å². The Kier molecular flexibility index (Phi) is 7.44. The van der Waals surface area contributed by atoms with Crippen LogP contribution in [0.3, 0.4) is 0 Å². The van der Waals surface area contributed by atoms with E-state index in [1.54, 1.807) is 4.90 Å². The molecule has 1 aliphatic heterocycles. The molecule has 2 N–H and O–H groups in total. The van der Waals surface area contributed by atoms with Gasteiger partial charge in [-0.3, -0.25) is 14.9 Å². The van der Waals surface area contributed by atoms with Crippen molar-refractivity contribution in [2.75, 3.05) is 27.3 Å². The van der Waals surface area contributed by atoms with E-state index < -0.39 is 4.92 Å². The van der Waals surface area contributed by atoms with E-state index in [0.717, 1.165) is 12.8 Å². The van der Waals surface area contributed by atoms with Crippen LogP contribution in [0, 0.1) is 16.0 Å². The van der Waals surface area contributed by atoms with Gasteiger partial charge in [-0.1, -0.05) is 6.92 Å². The molecule has 2 atom stereocenters. The highest BCUT2D eigenvalue weighted by molar-refractivity contribution is 5.96. The minimum atomic E-state index is -0.586. The summed E-state index contributed by atoms with van der Waals surface area (Å²) in [4.78, 5) is 25.3. The van der Waals surface area contributed by atoms with Crippen LogP contribution in [0.4, 0.5) is 5.69 Å². The summed E-state index contributed by atoms with van der Waals surface area (Å²) in [5.41, 5.74) is 5.71. The van der Waals surface area contributed by atoms with Crippen LogP contribution in [0.1, 0.15) is 30.1 Å². The number of benzene rings is 1. The van der Waals surface area contributed by atoms with Crippen LogP contribution in [0.5, 0.6) is 11.5 Å². The fourth-order valence-corrected chi connectivity index (χ4v) is 3.11. The van der Waals surface area contributed by atoms with E-state index in [9.17, 15) is 14.9 Å². The minimum Gasteiger partial charge on any atom is -0.493 e. The summed E-state index contributed by atoms with van der Waals surface area (Å²) >= 11 is 0. The Balaban J connectivity index is 0.00000312. The summed E-state index contributed by atoms with van der Waals surface area (Å²) < 4.78 is 10.2. The number of amides is 1. The number of halogens is 1. The highest BCUT2D eigenvalue weighted by Crippen LogP contribution is 2.38. The lowest BCUT2D eigenvalue weighted by molar-refractivity contribution is -0.385. The topological polar surface area (TPSA) is 108 Å². The van der Waals surface area contributed by atoms with Gasteiger partial charge >= 0.3 is 5.69 Å². The second kappa shape index (κ2) is 8.87. The first kappa shape index (κ1) is 21.0. The number of carbonyl (C=O) groups excluding carboxylic acids is 1. The number of likely N-dealkylation sites (tertiary alicyclic amines) is 1. The van der Waals surface area contributed by atoms with E-state index in [0.29, 0.717) is 19.0 Å². The van der Waals surface area contributed by atoms with Gasteiger partial charge in [0.05, 0.1) is 24.7 Å². The van der Waals surface area contributed by atoms with Crippen LogP contribution in [-0.2, 0) is 0 Å². The van der Waals surface area contributed by atoms with E-state index in [-0.39, 0.29) is 47.1 Å². The highest BCUT2D eigenvalue weighted by atomic mass is 35.5. The molecule has 1 aliphatic rings. The van der Waals surface area contributed by atoms with Gasteiger partial charge in [0, 0.05) is 25.2 Å². The lowest BCUT2D eigenvalue weighted by Crippen LogP contribution is -2.49. The van der Waals surface area contributed by atoms with Gasteiger partial charge in [-0.2, -0.15) is 0 Å². The maximum Gasteiger partial charge on any atom is 0.315 e. The van der Waals surface area contributed by atoms with Gasteiger partial charge in [-0.05, 0) is 24.8 Å². The van der Waals surface area contributed by atoms with Crippen molar-refractivity contribution in [1.82, 2.24) is 4.90 Å². The van der Waals surface area contributed by atoms with Crippen LogP contribution in [0.25, 0.3) is 0 Å². The van der Waals surface area contributed by atoms with Gasteiger partial charge < -0.3 is 20.1 Å². The summed E-state index contributed by atoms with van der Waals surface area (Å²) in [5.74, 6) is 0.384. The Morgan fingerprint density at radius 1 is 1.40 bits per heavy atom. The summed E-state index contributed by atoms with van der Waals surface area (Å²) in [5, 5.41) is 11.3. The predicted molar refractivity (Wildman–Crippen MR) is 95.7 cm³/mol. The Morgan fingerprint density at radius 3 is 2.60 bits per heavy atom. The standard InChI is InChI=1S/C16H23N3O5.ClH/c1-10-4-5-18(12(6-10)9-17)16(20)11-7-13(19(21)22)15(24-3)14(8-11)23-2;/h7-8,10,12H,4-6,9,17H2,1-3H3;1H. The fourth-order valence-electron chi connectivity index (χ4n) is 3.11. The third-order valence-electron chi connectivity index (χ3n) is 4.41. The van der Waals surface area contributed by atoms with E-state index in [1.807, 2.05) is 0 Å². The first-order valence-corrected chi connectivity index (χ1v) is 7.84. The van der Waals surface area contributed by atoms with Crippen molar-refractivity contribution in [3.63, 3.8) is 0 Å². The number of carbonyl (C=O) groups is 1. The third-order valence-corrected chi connectivity index (χ3v) is 4.41. The van der Waals surface area contributed by atoms with E-state index in [4.69, 9.17) is 15.2 Å². The first-order valence-electron chi connectivity index (χ1n) is 7.84. The number of hydrogen-bond donors (Lipinski definition) is 1. The van der Waals surface area contributed by atoms with Gasteiger partial charge in [0.1, 0.15) is 0 Å². The molecule has 0 radical (unpaired) electrons. The summed E-state index contributed by atoms with van der Waals surface area (Å²) in [7, 11) is 2.70. The lowest BCUT2D eigenvalue weighted by Gasteiger charge is -2.38. The smallest absolute Gasteiger partial charge is 0.315 e.